The lowest BCUT2D eigenvalue weighted by Gasteiger charge is -1.87. The van der Waals surface area contributed by atoms with Crippen LogP contribution in [-0.2, 0) is 0 Å². The zero-order valence-electron chi connectivity index (χ0n) is 7.12. The Balaban J connectivity index is 2.72. The van der Waals surface area contributed by atoms with E-state index >= 15 is 0 Å². The second-order valence-corrected chi connectivity index (χ2v) is 3.07. The van der Waals surface area contributed by atoms with E-state index in [1.807, 2.05) is 24.4 Å². The molecule has 1 aliphatic heterocycles. The molecule has 0 fully saturated rings. The van der Waals surface area contributed by atoms with E-state index in [9.17, 15) is 0 Å². The van der Waals surface area contributed by atoms with Gasteiger partial charge in [-0.05, 0) is 24.6 Å². The topological polar surface area (TPSA) is 12.4 Å². The second kappa shape index (κ2) is 2.94. The minimum atomic E-state index is 1.01. The maximum Gasteiger partial charge on any atom is 0.0698 e. The number of hydrogen-bond donors (Lipinski definition) is 0. The maximum atomic E-state index is 4.37. The van der Waals surface area contributed by atoms with Crippen molar-refractivity contribution in [2.75, 3.05) is 0 Å². The second-order valence-electron chi connectivity index (χ2n) is 3.07. The van der Waals surface area contributed by atoms with Gasteiger partial charge in [0.2, 0.25) is 0 Å². The Labute approximate surface area is 71.8 Å². The molecule has 0 saturated carbocycles. The lowest BCUT2D eigenvalue weighted by molar-refractivity contribution is 1.23. The first-order valence-corrected chi connectivity index (χ1v) is 4.15. The maximum absolute atomic E-state index is 4.37. The van der Waals surface area contributed by atoms with E-state index in [-0.39, 0.29) is 0 Å². The molecule has 0 atom stereocenters. The third kappa shape index (κ3) is 1.30. The monoisotopic (exact) mass is 157 g/mol. The van der Waals surface area contributed by atoms with Crippen LogP contribution in [0.4, 0.5) is 0 Å². The zero-order chi connectivity index (χ0) is 8.39. The first-order chi connectivity index (χ1) is 5.86. The van der Waals surface area contributed by atoms with Crippen molar-refractivity contribution in [3.8, 4) is 0 Å². The standard InChI is InChI=1S/C11H11N/c1-9-6-7-10-4-2-3-5-11(10)12-8-9/h2-5,7-8H,6H2,1H3. The molecule has 1 heterocycles. The summed E-state index contributed by atoms with van der Waals surface area (Å²) in [6, 6.07) is 8.21. The van der Waals surface area contributed by atoms with Crippen LogP contribution in [0.1, 0.15) is 13.3 Å². The van der Waals surface area contributed by atoms with Crippen molar-refractivity contribution < 1.29 is 0 Å². The Kier molecular flexibility index (Phi) is 1.78. The molecule has 1 heteroatoms. The van der Waals surface area contributed by atoms with Gasteiger partial charge in [0.1, 0.15) is 0 Å². The number of para-hydroxylation sites is 1. The van der Waals surface area contributed by atoms with E-state index in [0.29, 0.717) is 0 Å². The van der Waals surface area contributed by atoms with Crippen LogP contribution in [0.2, 0.25) is 0 Å². The third-order valence-electron chi connectivity index (χ3n) is 2.00. The molecule has 0 radical (unpaired) electrons. The molecule has 0 aliphatic carbocycles. The van der Waals surface area contributed by atoms with E-state index in [1.165, 1.54) is 10.8 Å². The molecule has 12 heavy (non-hydrogen) atoms. The number of nitrogens with zero attached hydrogens (tertiary/aromatic N) is 1. The van der Waals surface area contributed by atoms with E-state index in [2.05, 4.69) is 24.1 Å². The van der Waals surface area contributed by atoms with Gasteiger partial charge >= 0.3 is 0 Å². The van der Waals surface area contributed by atoms with Gasteiger partial charge in [-0.1, -0.05) is 29.8 Å². The van der Waals surface area contributed by atoms with Gasteiger partial charge in [-0.25, -0.2) is 0 Å². The van der Waals surface area contributed by atoms with Gasteiger partial charge in [-0.15, -0.1) is 0 Å². The Morgan fingerprint density at radius 1 is 1.25 bits per heavy atom. The molecule has 0 saturated heterocycles. The number of allylic oxidation sites excluding steroid dienone is 1. The normalized spacial score (nSPS) is 14.9. The number of rotatable bonds is 0. The van der Waals surface area contributed by atoms with E-state index in [4.69, 9.17) is 0 Å². The summed E-state index contributed by atoms with van der Waals surface area (Å²) in [6.45, 7) is 2.10. The van der Waals surface area contributed by atoms with Gasteiger partial charge in [-0.3, -0.25) is 4.99 Å². The molecule has 1 aromatic rings. The highest BCUT2D eigenvalue weighted by Gasteiger charge is 1.91. The molecule has 1 aromatic carbocycles. The summed E-state index contributed by atoms with van der Waals surface area (Å²) >= 11 is 0. The predicted molar refractivity (Wildman–Crippen MR) is 50.1 cm³/mol. The quantitative estimate of drug-likeness (QED) is 0.539. The fourth-order valence-corrected chi connectivity index (χ4v) is 1.28. The first-order valence-electron chi connectivity index (χ1n) is 4.15. The van der Waals surface area contributed by atoms with Crippen LogP contribution in [0, 0.1) is 0 Å². The summed E-state index contributed by atoms with van der Waals surface area (Å²) in [5.74, 6) is 0. The SMILES string of the molecule is CC1=CN=c2ccccc2=CC1. The number of hydrogen-bond acceptors (Lipinski definition) is 1. The van der Waals surface area contributed by atoms with Gasteiger partial charge in [-0.2, -0.15) is 0 Å². The number of fused-ring (bicyclic) bond motifs is 1. The van der Waals surface area contributed by atoms with Crippen LogP contribution in [0.5, 0.6) is 0 Å². The zero-order valence-corrected chi connectivity index (χ0v) is 7.12. The van der Waals surface area contributed by atoms with Crippen molar-refractivity contribution in [1.29, 1.82) is 0 Å². The average molecular weight is 157 g/mol. The van der Waals surface area contributed by atoms with Gasteiger partial charge in [0.15, 0.2) is 0 Å². The van der Waals surface area contributed by atoms with E-state index in [0.717, 1.165) is 11.8 Å². The van der Waals surface area contributed by atoms with Crippen molar-refractivity contribution in [1.82, 2.24) is 0 Å². The summed E-state index contributed by atoms with van der Waals surface area (Å²) in [5.41, 5.74) is 1.31. The molecule has 0 N–H and O–H groups in total. The third-order valence-corrected chi connectivity index (χ3v) is 2.00. The minimum Gasteiger partial charge on any atom is -0.256 e. The fraction of sp³-hybridized carbons (Fsp3) is 0.182. The molecule has 0 spiro atoms. The Bertz CT molecular complexity index is 427. The van der Waals surface area contributed by atoms with Gasteiger partial charge in [0.05, 0.1) is 5.36 Å². The van der Waals surface area contributed by atoms with Crippen LogP contribution in [0.3, 0.4) is 0 Å². The molecule has 1 nitrogen and oxygen atoms in total. The van der Waals surface area contributed by atoms with Crippen LogP contribution in [0.15, 0.2) is 41.0 Å². The molecule has 1 aliphatic rings. The summed E-state index contributed by atoms with van der Waals surface area (Å²) in [6.07, 6.45) is 5.18. The summed E-state index contributed by atoms with van der Waals surface area (Å²) in [7, 11) is 0. The van der Waals surface area contributed by atoms with E-state index in [1.54, 1.807) is 0 Å². The highest BCUT2D eigenvalue weighted by atomic mass is 14.7. The summed E-state index contributed by atoms with van der Waals surface area (Å²) in [5, 5.41) is 2.32. The van der Waals surface area contributed by atoms with Gasteiger partial charge < -0.3 is 0 Å². The average Bonchev–Trinajstić information content (AvgIpc) is 2.29. The number of benzene rings is 1. The van der Waals surface area contributed by atoms with Crippen LogP contribution >= 0.6 is 0 Å². The molecule has 60 valence electrons. The fourth-order valence-electron chi connectivity index (χ4n) is 1.28. The highest BCUT2D eigenvalue weighted by molar-refractivity contribution is 5.30. The molecular weight excluding hydrogens is 146 g/mol. The van der Waals surface area contributed by atoms with Crippen molar-refractivity contribution in [3.05, 3.63) is 46.6 Å². The molecular formula is C11H11N. The molecule has 0 aromatic heterocycles. The van der Waals surface area contributed by atoms with Crippen molar-refractivity contribution >= 4 is 6.08 Å². The predicted octanol–water partition coefficient (Wildman–Crippen LogP) is 1.39. The Morgan fingerprint density at radius 3 is 3.00 bits per heavy atom. The van der Waals surface area contributed by atoms with Crippen LogP contribution in [-0.4, -0.2) is 0 Å². The Hall–Kier alpha value is -1.37. The smallest absolute Gasteiger partial charge is 0.0698 e. The van der Waals surface area contributed by atoms with E-state index < -0.39 is 0 Å². The molecule has 0 unspecified atom stereocenters. The summed E-state index contributed by atoms with van der Waals surface area (Å²) in [4.78, 5) is 4.37. The largest absolute Gasteiger partial charge is 0.256 e. The summed E-state index contributed by atoms with van der Waals surface area (Å²) < 4.78 is 0. The molecule has 0 bridgehead atoms. The Morgan fingerprint density at radius 2 is 2.08 bits per heavy atom. The minimum absolute atomic E-state index is 1.01. The lowest BCUT2D eigenvalue weighted by Crippen LogP contribution is -2.22. The van der Waals surface area contributed by atoms with Gasteiger partial charge in [0.25, 0.3) is 0 Å². The molecule has 0 amide bonds. The van der Waals surface area contributed by atoms with Crippen LogP contribution in [0.25, 0.3) is 6.08 Å². The first kappa shape index (κ1) is 7.29. The van der Waals surface area contributed by atoms with Crippen molar-refractivity contribution in [2.24, 2.45) is 4.99 Å². The highest BCUT2D eigenvalue weighted by Crippen LogP contribution is 2.01. The van der Waals surface area contributed by atoms with Gasteiger partial charge in [0, 0.05) is 6.20 Å². The molecule has 2 rings (SSSR count). The lowest BCUT2D eigenvalue weighted by atomic mass is 10.2. The van der Waals surface area contributed by atoms with Crippen molar-refractivity contribution in [2.45, 2.75) is 13.3 Å². The van der Waals surface area contributed by atoms with Crippen LogP contribution < -0.4 is 10.6 Å². The van der Waals surface area contributed by atoms with Crippen molar-refractivity contribution in [3.63, 3.8) is 0 Å².